The fourth-order valence-electron chi connectivity index (χ4n) is 2.37. The van der Waals surface area contributed by atoms with Gasteiger partial charge in [-0.1, -0.05) is 12.1 Å². The predicted octanol–water partition coefficient (Wildman–Crippen LogP) is 2.91. The molecule has 2 nitrogen and oxygen atoms in total. The van der Waals surface area contributed by atoms with Gasteiger partial charge in [0.15, 0.2) is 11.6 Å². The van der Waals surface area contributed by atoms with Gasteiger partial charge in [-0.15, -0.1) is 19.0 Å². The van der Waals surface area contributed by atoms with Crippen molar-refractivity contribution in [3.05, 3.63) is 48.1 Å². The van der Waals surface area contributed by atoms with Crippen LogP contribution in [0.25, 0.3) is 0 Å². The molecule has 19 heavy (non-hydrogen) atoms. The molecule has 1 N–H and O–H groups in total. The van der Waals surface area contributed by atoms with E-state index in [1.54, 1.807) is 6.07 Å². The lowest BCUT2D eigenvalue weighted by Crippen LogP contribution is -2.45. The minimum absolute atomic E-state index is 0. The Hall–Kier alpha value is -0.970. The molecule has 106 valence electrons. The summed E-state index contributed by atoms with van der Waals surface area (Å²) < 4.78 is 26.3. The van der Waals surface area contributed by atoms with E-state index in [1.165, 1.54) is 12.1 Å². The molecule has 0 spiro atoms. The van der Waals surface area contributed by atoms with Gasteiger partial charge in [-0.3, -0.25) is 4.90 Å². The molecule has 1 aromatic rings. The first-order chi connectivity index (χ1) is 8.72. The van der Waals surface area contributed by atoms with Crippen LogP contribution in [0.4, 0.5) is 8.78 Å². The topological polar surface area (TPSA) is 15.3 Å². The highest BCUT2D eigenvalue weighted by Gasteiger charge is 2.21. The average molecular weight is 289 g/mol. The number of hydrogen-bond donors (Lipinski definition) is 1. The van der Waals surface area contributed by atoms with Crippen molar-refractivity contribution in [1.82, 2.24) is 10.2 Å². The molecule has 1 saturated heterocycles. The first-order valence-corrected chi connectivity index (χ1v) is 6.23. The Labute approximate surface area is 118 Å². The number of benzene rings is 1. The molecule has 1 aromatic carbocycles. The molecular formula is C14H19ClF2N2. The van der Waals surface area contributed by atoms with E-state index in [0.29, 0.717) is 0 Å². The van der Waals surface area contributed by atoms with Crippen molar-refractivity contribution in [3.8, 4) is 0 Å². The van der Waals surface area contributed by atoms with Gasteiger partial charge in [-0.05, 0) is 24.1 Å². The van der Waals surface area contributed by atoms with Gasteiger partial charge in [0.25, 0.3) is 0 Å². The molecule has 0 unspecified atom stereocenters. The summed E-state index contributed by atoms with van der Waals surface area (Å²) >= 11 is 0. The molecule has 0 aromatic heterocycles. The molecule has 5 heteroatoms. The molecule has 0 aliphatic carbocycles. The molecule has 0 bridgehead atoms. The highest BCUT2D eigenvalue weighted by atomic mass is 35.5. The van der Waals surface area contributed by atoms with E-state index in [9.17, 15) is 8.78 Å². The van der Waals surface area contributed by atoms with Crippen LogP contribution in [-0.4, -0.2) is 31.1 Å². The van der Waals surface area contributed by atoms with Crippen LogP contribution >= 0.6 is 12.4 Å². The normalized spacial score (nSPS) is 17.6. The third-order valence-electron chi connectivity index (χ3n) is 3.31. The Kier molecular flexibility index (Phi) is 6.42. The van der Waals surface area contributed by atoms with E-state index in [2.05, 4.69) is 16.8 Å². The smallest absolute Gasteiger partial charge is 0.159 e. The second kappa shape index (κ2) is 7.58. The third-order valence-corrected chi connectivity index (χ3v) is 3.31. The van der Waals surface area contributed by atoms with Crippen molar-refractivity contribution in [2.45, 2.75) is 12.5 Å². The van der Waals surface area contributed by atoms with Crippen LogP contribution in [0.2, 0.25) is 0 Å². The molecule has 0 saturated carbocycles. The molecule has 1 heterocycles. The number of piperazine rings is 1. The largest absolute Gasteiger partial charge is 0.314 e. The van der Waals surface area contributed by atoms with Gasteiger partial charge in [0.1, 0.15) is 0 Å². The fourth-order valence-corrected chi connectivity index (χ4v) is 2.37. The second-order valence-corrected chi connectivity index (χ2v) is 4.50. The van der Waals surface area contributed by atoms with E-state index >= 15 is 0 Å². The minimum atomic E-state index is -0.795. The highest BCUT2D eigenvalue weighted by molar-refractivity contribution is 5.85. The van der Waals surface area contributed by atoms with Crippen LogP contribution in [0.15, 0.2) is 30.9 Å². The van der Waals surface area contributed by atoms with Gasteiger partial charge in [0, 0.05) is 32.2 Å². The first kappa shape index (κ1) is 16.1. The molecule has 2 rings (SSSR count). The summed E-state index contributed by atoms with van der Waals surface area (Å²) in [4.78, 5) is 2.28. The van der Waals surface area contributed by atoms with E-state index in [1.807, 2.05) is 6.08 Å². The van der Waals surface area contributed by atoms with Crippen molar-refractivity contribution in [1.29, 1.82) is 0 Å². The summed E-state index contributed by atoms with van der Waals surface area (Å²) in [7, 11) is 0. The zero-order valence-corrected chi connectivity index (χ0v) is 11.6. The Morgan fingerprint density at radius 3 is 2.53 bits per heavy atom. The van der Waals surface area contributed by atoms with Crippen LogP contribution < -0.4 is 5.32 Å². The number of nitrogens with one attached hydrogen (secondary N) is 1. The lowest BCUT2D eigenvalue weighted by molar-refractivity contribution is 0.174. The van der Waals surface area contributed by atoms with Gasteiger partial charge in [-0.25, -0.2) is 8.78 Å². The lowest BCUT2D eigenvalue weighted by atomic mass is 10.0. The summed E-state index contributed by atoms with van der Waals surface area (Å²) in [5.41, 5.74) is 0.815. The zero-order chi connectivity index (χ0) is 13.0. The maximum Gasteiger partial charge on any atom is 0.159 e. The van der Waals surface area contributed by atoms with Crippen molar-refractivity contribution in [2.24, 2.45) is 0 Å². The van der Waals surface area contributed by atoms with Crippen molar-refractivity contribution < 1.29 is 8.78 Å². The van der Waals surface area contributed by atoms with Gasteiger partial charge in [0.2, 0.25) is 0 Å². The van der Waals surface area contributed by atoms with Crippen LogP contribution in [0.1, 0.15) is 18.0 Å². The van der Waals surface area contributed by atoms with Crippen LogP contribution in [-0.2, 0) is 0 Å². The lowest BCUT2D eigenvalue weighted by Gasteiger charge is -2.34. The summed E-state index contributed by atoms with van der Waals surface area (Å²) in [6.07, 6.45) is 2.57. The summed E-state index contributed by atoms with van der Waals surface area (Å²) in [6, 6.07) is 4.24. The van der Waals surface area contributed by atoms with Gasteiger partial charge < -0.3 is 5.32 Å². The maximum atomic E-state index is 13.3. The third kappa shape index (κ3) is 4.00. The van der Waals surface area contributed by atoms with Gasteiger partial charge in [-0.2, -0.15) is 0 Å². The minimum Gasteiger partial charge on any atom is -0.314 e. The van der Waals surface area contributed by atoms with E-state index in [4.69, 9.17) is 0 Å². The maximum absolute atomic E-state index is 13.3. The fraction of sp³-hybridized carbons (Fsp3) is 0.429. The number of rotatable bonds is 4. The highest BCUT2D eigenvalue weighted by Crippen LogP contribution is 2.26. The second-order valence-electron chi connectivity index (χ2n) is 4.50. The molecule has 1 aliphatic rings. The number of halogens is 3. The van der Waals surface area contributed by atoms with Gasteiger partial charge in [0.05, 0.1) is 0 Å². The molecule has 1 aliphatic heterocycles. The van der Waals surface area contributed by atoms with Crippen molar-refractivity contribution in [3.63, 3.8) is 0 Å². The van der Waals surface area contributed by atoms with E-state index < -0.39 is 11.6 Å². The predicted molar refractivity (Wildman–Crippen MR) is 75.6 cm³/mol. The van der Waals surface area contributed by atoms with Crippen LogP contribution in [0, 0.1) is 11.6 Å². The zero-order valence-electron chi connectivity index (χ0n) is 10.7. The standard InChI is InChI=1S/C14H18F2N2.ClH/c1-2-3-14(18-8-6-17-7-9-18)11-4-5-12(15)13(16)10-11;/h2,4-5,10,14,17H,1,3,6-9H2;1H/t14-;/m0./s1. The first-order valence-electron chi connectivity index (χ1n) is 6.23. The molecule has 1 fully saturated rings. The molecular weight excluding hydrogens is 270 g/mol. The Morgan fingerprint density at radius 2 is 1.95 bits per heavy atom. The monoisotopic (exact) mass is 288 g/mol. The van der Waals surface area contributed by atoms with Crippen LogP contribution in [0.3, 0.4) is 0 Å². The molecule has 1 atom stereocenters. The van der Waals surface area contributed by atoms with E-state index in [-0.39, 0.29) is 18.4 Å². The quantitative estimate of drug-likeness (QED) is 0.857. The Bertz CT molecular complexity index is 420. The SMILES string of the molecule is C=CC[C@@H](c1ccc(F)c(F)c1)N1CCNCC1.Cl. The molecule has 0 radical (unpaired) electrons. The van der Waals surface area contributed by atoms with Crippen molar-refractivity contribution in [2.75, 3.05) is 26.2 Å². The van der Waals surface area contributed by atoms with E-state index in [0.717, 1.165) is 38.2 Å². The van der Waals surface area contributed by atoms with Crippen LogP contribution in [0.5, 0.6) is 0 Å². The summed E-state index contributed by atoms with van der Waals surface area (Å²) in [6.45, 7) is 7.43. The molecule has 0 amide bonds. The Balaban J connectivity index is 0.00000180. The van der Waals surface area contributed by atoms with Crippen molar-refractivity contribution >= 4 is 12.4 Å². The Morgan fingerprint density at radius 1 is 1.26 bits per heavy atom. The average Bonchev–Trinajstić information content (AvgIpc) is 2.40. The number of hydrogen-bond acceptors (Lipinski definition) is 2. The summed E-state index contributed by atoms with van der Waals surface area (Å²) in [5, 5.41) is 3.28. The van der Waals surface area contributed by atoms with Gasteiger partial charge >= 0.3 is 0 Å². The number of nitrogens with zero attached hydrogens (tertiary/aromatic N) is 1. The summed E-state index contributed by atoms with van der Waals surface area (Å²) in [5.74, 6) is -1.58.